The zero-order chi connectivity index (χ0) is 27.2. The van der Waals surface area contributed by atoms with Crippen LogP contribution in [0.25, 0.3) is 0 Å². The number of halogens is 6. The van der Waals surface area contributed by atoms with Crippen LogP contribution in [-0.2, 0) is 35.3 Å². The number of hydrogen-bond donors (Lipinski definition) is 2. The Morgan fingerprint density at radius 3 is 2.46 bits per heavy atom. The number of hydrogen-bond acceptors (Lipinski definition) is 6. The lowest BCUT2D eigenvalue weighted by atomic mass is 10.1. The summed E-state index contributed by atoms with van der Waals surface area (Å²) < 4.78 is 115. The van der Waals surface area contributed by atoms with E-state index in [4.69, 9.17) is 4.74 Å². The third kappa shape index (κ3) is 5.51. The molecule has 0 bridgehead atoms. The van der Waals surface area contributed by atoms with E-state index in [9.17, 15) is 34.8 Å². The fourth-order valence-electron chi connectivity index (χ4n) is 3.94. The van der Waals surface area contributed by atoms with Crippen molar-refractivity contribution in [1.82, 2.24) is 19.5 Å². The molecular weight excluding hydrogens is 528 g/mol. The van der Waals surface area contributed by atoms with E-state index in [1.54, 1.807) is 19.1 Å². The first-order valence-electron chi connectivity index (χ1n) is 11.0. The molecule has 2 aromatic carbocycles. The van der Waals surface area contributed by atoms with E-state index in [1.807, 2.05) is 10.8 Å². The van der Waals surface area contributed by atoms with Gasteiger partial charge in [-0.05, 0) is 50.1 Å². The molecule has 0 unspecified atom stereocenters. The van der Waals surface area contributed by atoms with Crippen LogP contribution in [-0.4, -0.2) is 29.7 Å². The summed E-state index contributed by atoms with van der Waals surface area (Å²) in [4.78, 5) is -1.55. The summed E-state index contributed by atoms with van der Waals surface area (Å²) in [6, 6.07) is 4.31. The van der Waals surface area contributed by atoms with Gasteiger partial charge in [0.15, 0.2) is 5.82 Å². The molecule has 0 saturated heterocycles. The van der Waals surface area contributed by atoms with E-state index in [1.165, 1.54) is 11.5 Å². The Bertz CT molecular complexity index is 1420. The lowest BCUT2D eigenvalue weighted by Crippen LogP contribution is -2.31. The van der Waals surface area contributed by atoms with Crippen LogP contribution in [0.5, 0.6) is 11.8 Å². The Morgan fingerprint density at radius 2 is 1.81 bits per heavy atom. The molecule has 3 aromatic rings. The molecule has 1 aliphatic heterocycles. The molecule has 0 saturated carbocycles. The Hall–Kier alpha value is -3.33. The summed E-state index contributed by atoms with van der Waals surface area (Å²) in [6.07, 6.45) is -9.40. The lowest BCUT2D eigenvalue weighted by Gasteiger charge is -2.19. The first-order chi connectivity index (χ1) is 17.2. The maximum atomic E-state index is 13.5. The molecule has 2 heterocycles. The Balaban J connectivity index is 1.64. The number of rotatable bonds is 7. The summed E-state index contributed by atoms with van der Waals surface area (Å²) in [6.45, 7) is 3.94. The van der Waals surface area contributed by atoms with E-state index < -0.39 is 44.4 Å². The van der Waals surface area contributed by atoms with Crippen molar-refractivity contribution in [3.8, 4) is 11.8 Å². The minimum absolute atomic E-state index is 0.00320. The summed E-state index contributed by atoms with van der Waals surface area (Å²) in [7, 11) is -5.09. The molecule has 15 heteroatoms. The van der Waals surface area contributed by atoms with Crippen molar-refractivity contribution < 1.29 is 39.5 Å². The molecule has 37 heavy (non-hydrogen) atoms. The average molecular weight is 549 g/mol. The van der Waals surface area contributed by atoms with Gasteiger partial charge in [-0.25, -0.2) is 13.1 Å². The number of anilines is 1. The molecule has 1 aromatic heterocycles. The molecule has 200 valence electrons. The van der Waals surface area contributed by atoms with Gasteiger partial charge in [0.05, 0.1) is 22.1 Å². The Kier molecular flexibility index (Phi) is 6.88. The van der Waals surface area contributed by atoms with E-state index in [2.05, 4.69) is 15.5 Å². The standard InChI is InChI=1S/C22H21F6N5O3S/c1-3-33-19(30-31-20(33)36-15-6-4-13-8-9-29-17(13)11-15)12(2)32-37(34,35)18-10-14(21(23,24)25)5-7-16(18)22(26,27)28/h4-7,10-12,29,32H,3,8-9H2,1-2H3/t12-/m1/s1. The molecule has 0 radical (unpaired) electrons. The third-order valence-corrected chi connectivity index (χ3v) is 7.27. The van der Waals surface area contributed by atoms with Crippen LogP contribution in [0.3, 0.4) is 0 Å². The fraction of sp³-hybridized carbons (Fsp3) is 0.364. The van der Waals surface area contributed by atoms with Crippen LogP contribution in [0.2, 0.25) is 0 Å². The van der Waals surface area contributed by atoms with Crippen molar-refractivity contribution in [3.63, 3.8) is 0 Å². The van der Waals surface area contributed by atoms with Gasteiger partial charge in [-0.2, -0.15) is 26.3 Å². The number of aromatic nitrogens is 3. The highest BCUT2D eigenvalue weighted by Gasteiger charge is 2.41. The van der Waals surface area contributed by atoms with Crippen molar-refractivity contribution in [2.24, 2.45) is 0 Å². The van der Waals surface area contributed by atoms with Gasteiger partial charge in [0.2, 0.25) is 10.0 Å². The van der Waals surface area contributed by atoms with Crippen LogP contribution in [0.1, 0.15) is 42.4 Å². The van der Waals surface area contributed by atoms with Crippen molar-refractivity contribution >= 4 is 15.7 Å². The van der Waals surface area contributed by atoms with Crippen molar-refractivity contribution in [3.05, 3.63) is 58.9 Å². The zero-order valence-electron chi connectivity index (χ0n) is 19.4. The predicted octanol–water partition coefficient (Wildman–Crippen LogP) is 5.14. The number of nitrogens with one attached hydrogen (secondary N) is 2. The van der Waals surface area contributed by atoms with Crippen LogP contribution in [0, 0.1) is 0 Å². The number of ether oxygens (including phenoxy) is 1. The maximum absolute atomic E-state index is 13.5. The summed E-state index contributed by atoms with van der Waals surface area (Å²) in [5, 5.41) is 11.0. The van der Waals surface area contributed by atoms with Gasteiger partial charge in [-0.1, -0.05) is 11.2 Å². The molecule has 8 nitrogen and oxygen atoms in total. The summed E-state index contributed by atoms with van der Waals surface area (Å²) in [5.74, 6) is 0.412. The largest absolute Gasteiger partial charge is 0.424 e. The van der Waals surface area contributed by atoms with Gasteiger partial charge < -0.3 is 10.1 Å². The first kappa shape index (κ1) is 26.7. The zero-order valence-corrected chi connectivity index (χ0v) is 20.2. The minimum atomic E-state index is -5.22. The molecule has 0 spiro atoms. The predicted molar refractivity (Wildman–Crippen MR) is 120 cm³/mol. The highest BCUT2D eigenvalue weighted by molar-refractivity contribution is 7.89. The molecule has 0 aliphatic carbocycles. The number of sulfonamides is 1. The quantitative estimate of drug-likeness (QED) is 0.397. The molecule has 1 atom stereocenters. The molecule has 0 amide bonds. The molecule has 4 rings (SSSR count). The second-order valence-corrected chi connectivity index (χ2v) is 9.91. The van der Waals surface area contributed by atoms with Crippen LogP contribution >= 0.6 is 0 Å². The molecule has 2 N–H and O–H groups in total. The third-order valence-electron chi connectivity index (χ3n) is 5.69. The van der Waals surface area contributed by atoms with E-state index in [0.717, 1.165) is 24.2 Å². The highest BCUT2D eigenvalue weighted by atomic mass is 32.2. The Morgan fingerprint density at radius 1 is 1.08 bits per heavy atom. The van der Waals surface area contributed by atoms with Crippen molar-refractivity contribution in [2.45, 2.75) is 50.1 Å². The van der Waals surface area contributed by atoms with Gasteiger partial charge in [0.1, 0.15) is 5.75 Å². The SMILES string of the molecule is CCn1c(Oc2ccc3c(c2)NCC3)nnc1[C@@H](C)NS(=O)(=O)c1cc(C(F)(F)F)ccc1C(F)(F)F. The maximum Gasteiger partial charge on any atom is 0.417 e. The van der Waals surface area contributed by atoms with Gasteiger partial charge >= 0.3 is 18.4 Å². The number of benzene rings is 2. The number of nitrogens with zero attached hydrogens (tertiary/aromatic N) is 3. The second kappa shape index (κ2) is 9.52. The fourth-order valence-corrected chi connectivity index (χ4v) is 5.39. The number of alkyl halides is 6. The molecule has 1 aliphatic rings. The van der Waals surface area contributed by atoms with Crippen molar-refractivity contribution in [1.29, 1.82) is 0 Å². The lowest BCUT2D eigenvalue weighted by molar-refractivity contribution is -0.143. The normalized spacial score (nSPS) is 14.8. The monoisotopic (exact) mass is 549 g/mol. The smallest absolute Gasteiger partial charge is 0.417 e. The summed E-state index contributed by atoms with van der Waals surface area (Å²) in [5.41, 5.74) is -1.26. The average Bonchev–Trinajstić information content (AvgIpc) is 3.43. The van der Waals surface area contributed by atoms with Crippen molar-refractivity contribution in [2.75, 3.05) is 11.9 Å². The summed E-state index contributed by atoms with van der Waals surface area (Å²) >= 11 is 0. The van der Waals surface area contributed by atoms with Gasteiger partial charge in [0, 0.05) is 24.8 Å². The van der Waals surface area contributed by atoms with Crippen LogP contribution < -0.4 is 14.8 Å². The topological polar surface area (TPSA) is 98.1 Å². The van der Waals surface area contributed by atoms with Crippen LogP contribution in [0.15, 0.2) is 41.3 Å². The Labute approximate surface area is 207 Å². The number of fused-ring (bicyclic) bond motifs is 1. The molecule has 0 fully saturated rings. The van der Waals surface area contributed by atoms with Crippen LogP contribution in [0.4, 0.5) is 32.0 Å². The highest BCUT2D eigenvalue weighted by Crippen LogP contribution is 2.39. The minimum Gasteiger partial charge on any atom is -0.424 e. The molecular formula is C22H21F6N5O3S. The van der Waals surface area contributed by atoms with Gasteiger partial charge in [-0.3, -0.25) is 4.57 Å². The first-order valence-corrected chi connectivity index (χ1v) is 12.5. The van der Waals surface area contributed by atoms with E-state index in [0.29, 0.717) is 5.75 Å². The second-order valence-electron chi connectivity index (χ2n) is 8.23. The van der Waals surface area contributed by atoms with E-state index in [-0.39, 0.29) is 36.6 Å². The van der Waals surface area contributed by atoms with Gasteiger partial charge in [0.25, 0.3) is 0 Å². The van der Waals surface area contributed by atoms with Gasteiger partial charge in [-0.15, -0.1) is 5.10 Å². The van der Waals surface area contributed by atoms with E-state index >= 15 is 0 Å².